The number of hydrogen-bond acceptors (Lipinski definition) is 4. The van der Waals surface area contributed by atoms with Gasteiger partial charge >= 0.3 is 0 Å². The predicted octanol–water partition coefficient (Wildman–Crippen LogP) is 2.89. The van der Waals surface area contributed by atoms with Crippen molar-refractivity contribution < 1.29 is 4.79 Å². The second-order valence-corrected chi connectivity index (χ2v) is 5.44. The van der Waals surface area contributed by atoms with Crippen molar-refractivity contribution in [3.63, 3.8) is 0 Å². The van der Waals surface area contributed by atoms with Gasteiger partial charge in [0.25, 0.3) is 5.91 Å². The Labute approximate surface area is 113 Å². The lowest BCUT2D eigenvalue weighted by Gasteiger charge is -1.97. The number of carbonyl (C=O) groups excluding carboxylic acids is 1. The molecular formula is C13H12N4OS. The Hall–Kier alpha value is -2.21. The maximum absolute atomic E-state index is 12.1. The standard InChI is InChI=1S/C13H12N4OS/c1-7-8(2)19-13(15-7)17-12(18)11-6-10-9(16-11)4-3-5-14-10/h3-6,16H,1-2H3,(H,15,17,18). The van der Waals surface area contributed by atoms with Crippen LogP contribution in [0.1, 0.15) is 21.1 Å². The summed E-state index contributed by atoms with van der Waals surface area (Å²) in [4.78, 5) is 24.7. The van der Waals surface area contributed by atoms with Gasteiger partial charge in [-0.15, -0.1) is 11.3 Å². The van der Waals surface area contributed by atoms with Crippen molar-refractivity contribution in [3.05, 3.63) is 40.7 Å². The molecule has 0 unspecified atom stereocenters. The molecule has 0 aliphatic rings. The zero-order chi connectivity index (χ0) is 13.4. The van der Waals surface area contributed by atoms with Crippen molar-refractivity contribution in [3.8, 4) is 0 Å². The highest BCUT2D eigenvalue weighted by Gasteiger charge is 2.12. The molecule has 0 atom stereocenters. The lowest BCUT2D eigenvalue weighted by atomic mass is 10.3. The highest BCUT2D eigenvalue weighted by atomic mass is 32.1. The second-order valence-electron chi connectivity index (χ2n) is 4.23. The Morgan fingerprint density at radius 2 is 2.26 bits per heavy atom. The number of thiazole rings is 1. The van der Waals surface area contributed by atoms with Crippen LogP contribution in [0.4, 0.5) is 5.13 Å². The minimum atomic E-state index is -0.202. The molecule has 3 aromatic rings. The summed E-state index contributed by atoms with van der Waals surface area (Å²) in [6.45, 7) is 3.91. The van der Waals surface area contributed by atoms with Gasteiger partial charge in [-0.1, -0.05) is 0 Å². The molecule has 0 saturated carbocycles. The van der Waals surface area contributed by atoms with E-state index in [1.54, 1.807) is 12.3 Å². The molecule has 5 nitrogen and oxygen atoms in total. The predicted molar refractivity (Wildman–Crippen MR) is 75.6 cm³/mol. The zero-order valence-corrected chi connectivity index (χ0v) is 11.3. The molecule has 0 radical (unpaired) electrons. The summed E-state index contributed by atoms with van der Waals surface area (Å²) in [6, 6.07) is 5.45. The molecule has 1 amide bonds. The molecule has 19 heavy (non-hydrogen) atoms. The Morgan fingerprint density at radius 1 is 1.42 bits per heavy atom. The first-order valence-electron chi connectivity index (χ1n) is 5.82. The van der Waals surface area contributed by atoms with E-state index in [0.29, 0.717) is 10.8 Å². The third-order valence-corrected chi connectivity index (χ3v) is 3.87. The molecule has 0 aromatic carbocycles. The van der Waals surface area contributed by atoms with Crippen LogP contribution < -0.4 is 5.32 Å². The van der Waals surface area contributed by atoms with E-state index in [0.717, 1.165) is 21.6 Å². The van der Waals surface area contributed by atoms with Crippen molar-refractivity contribution in [2.24, 2.45) is 0 Å². The Bertz CT molecular complexity index is 706. The number of carbonyl (C=O) groups is 1. The number of aromatic nitrogens is 3. The first kappa shape index (κ1) is 11.9. The number of pyridine rings is 1. The number of fused-ring (bicyclic) bond motifs is 1. The number of hydrogen-bond donors (Lipinski definition) is 2. The molecule has 3 heterocycles. The number of nitrogens with one attached hydrogen (secondary N) is 2. The van der Waals surface area contributed by atoms with Gasteiger partial charge in [0.2, 0.25) is 0 Å². The molecule has 0 aliphatic heterocycles. The number of aryl methyl sites for hydroxylation is 2. The number of amides is 1. The number of aromatic amines is 1. The number of H-pyrrole nitrogens is 1. The third-order valence-electron chi connectivity index (χ3n) is 2.88. The summed E-state index contributed by atoms with van der Waals surface area (Å²) >= 11 is 1.47. The summed E-state index contributed by atoms with van der Waals surface area (Å²) in [5.41, 5.74) is 3.05. The van der Waals surface area contributed by atoms with Gasteiger partial charge in [-0.2, -0.15) is 0 Å². The monoisotopic (exact) mass is 272 g/mol. The van der Waals surface area contributed by atoms with Crippen molar-refractivity contribution in [2.45, 2.75) is 13.8 Å². The molecule has 2 N–H and O–H groups in total. The molecule has 0 fully saturated rings. The first-order chi connectivity index (χ1) is 9.13. The minimum absolute atomic E-state index is 0.202. The van der Waals surface area contributed by atoms with E-state index in [1.165, 1.54) is 11.3 Å². The molecule has 3 rings (SSSR count). The minimum Gasteiger partial charge on any atom is -0.349 e. The lowest BCUT2D eigenvalue weighted by Crippen LogP contribution is -2.11. The van der Waals surface area contributed by atoms with Crippen molar-refractivity contribution in [1.29, 1.82) is 0 Å². The summed E-state index contributed by atoms with van der Waals surface area (Å²) < 4.78 is 0. The van der Waals surface area contributed by atoms with Crippen LogP contribution in [0, 0.1) is 13.8 Å². The van der Waals surface area contributed by atoms with Gasteiger partial charge in [0.15, 0.2) is 5.13 Å². The fourth-order valence-electron chi connectivity index (χ4n) is 1.77. The molecule has 96 valence electrons. The van der Waals surface area contributed by atoms with E-state index in [4.69, 9.17) is 0 Å². The van der Waals surface area contributed by atoms with Gasteiger partial charge in [-0.25, -0.2) is 4.98 Å². The highest BCUT2D eigenvalue weighted by molar-refractivity contribution is 7.15. The van der Waals surface area contributed by atoms with Gasteiger partial charge in [-0.3, -0.25) is 15.1 Å². The van der Waals surface area contributed by atoms with E-state index >= 15 is 0 Å². The summed E-state index contributed by atoms with van der Waals surface area (Å²) in [5, 5.41) is 3.41. The SMILES string of the molecule is Cc1nc(NC(=O)c2cc3ncccc3[nH]2)sc1C. The zero-order valence-electron chi connectivity index (χ0n) is 10.5. The lowest BCUT2D eigenvalue weighted by molar-refractivity contribution is 0.102. The normalized spacial score (nSPS) is 10.8. The van der Waals surface area contributed by atoms with Crippen LogP contribution in [0.3, 0.4) is 0 Å². The average Bonchev–Trinajstić information content (AvgIpc) is 2.93. The first-order valence-corrected chi connectivity index (χ1v) is 6.64. The smallest absolute Gasteiger partial charge is 0.273 e. The van der Waals surface area contributed by atoms with Gasteiger partial charge in [0.05, 0.1) is 16.7 Å². The quantitative estimate of drug-likeness (QED) is 0.753. The molecule has 0 aliphatic carbocycles. The van der Waals surface area contributed by atoms with E-state index in [2.05, 4.69) is 20.3 Å². The molecule has 0 saturated heterocycles. The average molecular weight is 272 g/mol. The maximum atomic E-state index is 12.1. The topological polar surface area (TPSA) is 70.7 Å². The van der Waals surface area contributed by atoms with E-state index in [1.807, 2.05) is 26.0 Å². The van der Waals surface area contributed by atoms with Crippen LogP contribution in [0.5, 0.6) is 0 Å². The van der Waals surface area contributed by atoms with Crippen LogP contribution in [0.15, 0.2) is 24.4 Å². The van der Waals surface area contributed by atoms with Crippen LogP contribution in [0.2, 0.25) is 0 Å². The molecule has 6 heteroatoms. The molecule has 0 bridgehead atoms. The van der Waals surface area contributed by atoms with Crippen LogP contribution >= 0.6 is 11.3 Å². The van der Waals surface area contributed by atoms with Crippen LogP contribution in [-0.4, -0.2) is 20.9 Å². The van der Waals surface area contributed by atoms with Gasteiger partial charge in [0.1, 0.15) is 5.69 Å². The Morgan fingerprint density at radius 3 is 2.95 bits per heavy atom. The number of rotatable bonds is 2. The van der Waals surface area contributed by atoms with Gasteiger partial charge < -0.3 is 4.98 Å². The second kappa shape index (κ2) is 4.47. The summed E-state index contributed by atoms with van der Waals surface area (Å²) in [7, 11) is 0. The largest absolute Gasteiger partial charge is 0.349 e. The fourth-order valence-corrected chi connectivity index (χ4v) is 2.58. The summed E-state index contributed by atoms with van der Waals surface area (Å²) in [6.07, 6.45) is 1.70. The van der Waals surface area contributed by atoms with Crippen molar-refractivity contribution >= 4 is 33.4 Å². The summed E-state index contributed by atoms with van der Waals surface area (Å²) in [5.74, 6) is -0.202. The Balaban J connectivity index is 1.87. The van der Waals surface area contributed by atoms with Crippen molar-refractivity contribution in [2.75, 3.05) is 5.32 Å². The fraction of sp³-hybridized carbons (Fsp3) is 0.154. The highest BCUT2D eigenvalue weighted by Crippen LogP contribution is 2.22. The molecular weight excluding hydrogens is 260 g/mol. The van der Waals surface area contributed by atoms with Crippen LogP contribution in [-0.2, 0) is 0 Å². The molecule has 0 spiro atoms. The maximum Gasteiger partial charge on any atom is 0.273 e. The third kappa shape index (κ3) is 2.22. The van der Waals surface area contributed by atoms with Gasteiger partial charge in [0, 0.05) is 11.1 Å². The number of nitrogens with zero attached hydrogens (tertiary/aromatic N) is 2. The number of anilines is 1. The van der Waals surface area contributed by atoms with E-state index < -0.39 is 0 Å². The van der Waals surface area contributed by atoms with Crippen molar-refractivity contribution in [1.82, 2.24) is 15.0 Å². The van der Waals surface area contributed by atoms with E-state index in [9.17, 15) is 4.79 Å². The van der Waals surface area contributed by atoms with Crippen LogP contribution in [0.25, 0.3) is 11.0 Å². The Kier molecular flexibility index (Phi) is 2.79. The van der Waals surface area contributed by atoms with Gasteiger partial charge in [-0.05, 0) is 32.0 Å². The van der Waals surface area contributed by atoms with E-state index in [-0.39, 0.29) is 5.91 Å². The molecule has 3 aromatic heterocycles.